The molecule has 1 aromatic carbocycles. The van der Waals surface area contributed by atoms with Gasteiger partial charge in [0.25, 0.3) is 0 Å². The Labute approximate surface area is 81.7 Å². The van der Waals surface area contributed by atoms with Gasteiger partial charge >= 0.3 is 0 Å². The molecule has 0 aromatic heterocycles. The summed E-state index contributed by atoms with van der Waals surface area (Å²) in [5, 5.41) is 0. The number of hydrogen-bond acceptors (Lipinski definition) is 1. The number of hydrogen-bond donors (Lipinski definition) is 0. The lowest BCUT2D eigenvalue weighted by Gasteiger charge is -2.06. The summed E-state index contributed by atoms with van der Waals surface area (Å²) in [4.78, 5) is 10.2. The minimum absolute atomic E-state index is 0.227. The summed E-state index contributed by atoms with van der Waals surface area (Å²) in [7, 11) is 0. The summed E-state index contributed by atoms with van der Waals surface area (Å²) in [5.41, 5.74) is 1.49. The van der Waals surface area contributed by atoms with Gasteiger partial charge in [0, 0.05) is 12.8 Å². The van der Waals surface area contributed by atoms with E-state index in [1.165, 1.54) is 0 Å². The van der Waals surface area contributed by atoms with Crippen LogP contribution in [0, 0.1) is 0 Å². The first-order chi connectivity index (χ1) is 6.74. The topological polar surface area (TPSA) is 17.1 Å². The van der Waals surface area contributed by atoms with Crippen LogP contribution in [0.5, 0.6) is 0 Å². The van der Waals surface area contributed by atoms with Crippen molar-refractivity contribution in [3.05, 3.63) is 35.4 Å². The van der Waals surface area contributed by atoms with E-state index in [4.69, 9.17) is 0 Å². The Morgan fingerprint density at radius 1 is 1.21 bits per heavy atom. The van der Waals surface area contributed by atoms with Crippen molar-refractivity contribution < 1.29 is 13.6 Å². The van der Waals surface area contributed by atoms with Crippen LogP contribution in [0.25, 0.3) is 0 Å². The Morgan fingerprint density at radius 3 is 2.43 bits per heavy atom. The van der Waals surface area contributed by atoms with Gasteiger partial charge in [-0.25, -0.2) is 8.78 Å². The maximum absolute atomic E-state index is 12.2. The molecule has 0 amide bonds. The number of rotatable bonds is 5. The monoisotopic (exact) mass is 198 g/mol. The second-order valence-electron chi connectivity index (χ2n) is 3.07. The highest BCUT2D eigenvalue weighted by Crippen LogP contribution is 2.14. The fraction of sp³-hybridized carbons (Fsp3) is 0.364. The maximum atomic E-state index is 12.2. The first-order valence-electron chi connectivity index (χ1n) is 4.52. The van der Waals surface area contributed by atoms with E-state index in [-0.39, 0.29) is 6.42 Å². The summed E-state index contributed by atoms with van der Waals surface area (Å²) >= 11 is 0. The number of halogens is 2. The van der Waals surface area contributed by atoms with Crippen LogP contribution in [0.15, 0.2) is 24.3 Å². The smallest absolute Gasteiger partial charge is 0.242 e. The Bertz CT molecular complexity index is 297. The molecule has 0 unspecified atom stereocenters. The van der Waals surface area contributed by atoms with Crippen molar-refractivity contribution in [2.45, 2.75) is 25.7 Å². The molecule has 1 aromatic rings. The average Bonchev–Trinajstić information content (AvgIpc) is 2.16. The standard InChI is InChI=1S/C11H12F2O/c12-11(13)8-10-5-2-1-4-9(10)6-3-7-14/h1-2,4-5,7,11H,3,6,8H2. The van der Waals surface area contributed by atoms with E-state index in [1.54, 1.807) is 24.3 Å². The van der Waals surface area contributed by atoms with E-state index in [0.29, 0.717) is 18.4 Å². The Kier molecular flexibility index (Phi) is 4.23. The fourth-order valence-corrected chi connectivity index (χ4v) is 1.38. The van der Waals surface area contributed by atoms with E-state index in [1.807, 2.05) is 0 Å². The van der Waals surface area contributed by atoms with Gasteiger partial charge in [-0.1, -0.05) is 24.3 Å². The predicted octanol–water partition coefficient (Wildman–Crippen LogP) is 2.63. The predicted molar refractivity (Wildman–Crippen MR) is 50.5 cm³/mol. The molecule has 0 heterocycles. The molecule has 0 bridgehead atoms. The zero-order chi connectivity index (χ0) is 10.4. The Balaban J connectivity index is 2.74. The first-order valence-corrected chi connectivity index (χ1v) is 4.52. The number of aldehydes is 1. The van der Waals surface area contributed by atoms with Crippen LogP contribution in [0.3, 0.4) is 0 Å². The zero-order valence-electron chi connectivity index (χ0n) is 7.75. The number of benzene rings is 1. The number of alkyl halides is 2. The molecular weight excluding hydrogens is 186 g/mol. The van der Waals surface area contributed by atoms with Crippen LogP contribution < -0.4 is 0 Å². The van der Waals surface area contributed by atoms with Gasteiger partial charge in [-0.15, -0.1) is 0 Å². The summed E-state index contributed by atoms with van der Waals surface area (Å²) < 4.78 is 24.3. The van der Waals surface area contributed by atoms with Crippen LogP contribution in [0.4, 0.5) is 8.78 Å². The Morgan fingerprint density at radius 2 is 1.86 bits per heavy atom. The van der Waals surface area contributed by atoms with Crippen molar-refractivity contribution in [3.8, 4) is 0 Å². The van der Waals surface area contributed by atoms with E-state index >= 15 is 0 Å². The summed E-state index contributed by atoms with van der Waals surface area (Å²) in [6.07, 6.45) is -0.812. The molecule has 0 fully saturated rings. The second kappa shape index (κ2) is 5.47. The first kappa shape index (κ1) is 10.8. The highest BCUT2D eigenvalue weighted by Gasteiger charge is 2.07. The minimum atomic E-state index is -2.33. The normalized spacial score (nSPS) is 10.5. The molecule has 0 aliphatic heterocycles. The van der Waals surface area contributed by atoms with Gasteiger partial charge in [-0.05, 0) is 17.5 Å². The van der Waals surface area contributed by atoms with Gasteiger partial charge in [-0.2, -0.15) is 0 Å². The maximum Gasteiger partial charge on any atom is 0.242 e. The van der Waals surface area contributed by atoms with Crippen LogP contribution in [0.1, 0.15) is 17.5 Å². The molecule has 1 rings (SSSR count). The largest absolute Gasteiger partial charge is 0.303 e. The number of carbonyl (C=O) groups is 1. The van der Waals surface area contributed by atoms with Gasteiger partial charge in [0.15, 0.2) is 0 Å². The molecule has 0 N–H and O–H groups in total. The fourth-order valence-electron chi connectivity index (χ4n) is 1.38. The zero-order valence-corrected chi connectivity index (χ0v) is 7.75. The molecule has 14 heavy (non-hydrogen) atoms. The van der Waals surface area contributed by atoms with E-state index in [0.717, 1.165) is 11.8 Å². The highest BCUT2D eigenvalue weighted by molar-refractivity contribution is 5.50. The summed E-state index contributed by atoms with van der Waals surface area (Å²) in [6, 6.07) is 7.02. The van der Waals surface area contributed by atoms with Gasteiger partial charge in [-0.3, -0.25) is 0 Å². The van der Waals surface area contributed by atoms with E-state index in [9.17, 15) is 13.6 Å². The SMILES string of the molecule is O=CCCc1ccccc1CC(F)F. The Hall–Kier alpha value is -1.25. The van der Waals surface area contributed by atoms with Gasteiger partial charge < -0.3 is 4.79 Å². The quantitative estimate of drug-likeness (QED) is 0.665. The molecule has 0 aliphatic carbocycles. The van der Waals surface area contributed by atoms with Crippen LogP contribution >= 0.6 is 0 Å². The molecule has 0 atom stereocenters. The molecule has 0 radical (unpaired) electrons. The molecule has 1 nitrogen and oxygen atoms in total. The number of aryl methyl sites for hydroxylation is 1. The average molecular weight is 198 g/mol. The van der Waals surface area contributed by atoms with Gasteiger partial charge in [0.2, 0.25) is 6.43 Å². The molecule has 76 valence electrons. The highest BCUT2D eigenvalue weighted by atomic mass is 19.3. The molecule has 0 saturated heterocycles. The molecule has 3 heteroatoms. The van der Waals surface area contributed by atoms with Crippen LogP contribution in [0.2, 0.25) is 0 Å². The molecule has 0 saturated carbocycles. The van der Waals surface area contributed by atoms with Gasteiger partial charge in [0.05, 0.1) is 0 Å². The van der Waals surface area contributed by atoms with Crippen LogP contribution in [-0.2, 0) is 17.6 Å². The van der Waals surface area contributed by atoms with E-state index in [2.05, 4.69) is 0 Å². The van der Waals surface area contributed by atoms with Crippen molar-refractivity contribution in [1.82, 2.24) is 0 Å². The van der Waals surface area contributed by atoms with Crippen molar-refractivity contribution >= 4 is 6.29 Å². The van der Waals surface area contributed by atoms with Crippen molar-refractivity contribution in [2.75, 3.05) is 0 Å². The van der Waals surface area contributed by atoms with Crippen molar-refractivity contribution in [2.24, 2.45) is 0 Å². The lowest BCUT2D eigenvalue weighted by molar-refractivity contribution is -0.107. The van der Waals surface area contributed by atoms with Crippen molar-refractivity contribution in [3.63, 3.8) is 0 Å². The van der Waals surface area contributed by atoms with Crippen molar-refractivity contribution in [1.29, 1.82) is 0 Å². The minimum Gasteiger partial charge on any atom is -0.303 e. The lowest BCUT2D eigenvalue weighted by Crippen LogP contribution is -2.01. The second-order valence-corrected chi connectivity index (χ2v) is 3.07. The van der Waals surface area contributed by atoms with Gasteiger partial charge in [0.1, 0.15) is 6.29 Å². The lowest BCUT2D eigenvalue weighted by atomic mass is 10.0. The summed E-state index contributed by atoms with van der Waals surface area (Å²) in [6.45, 7) is 0. The van der Waals surface area contributed by atoms with Crippen LogP contribution in [-0.4, -0.2) is 12.7 Å². The third-order valence-electron chi connectivity index (χ3n) is 2.02. The molecule has 0 aliphatic rings. The third kappa shape index (κ3) is 3.24. The summed E-state index contributed by atoms with van der Waals surface area (Å²) in [5.74, 6) is 0. The molecule has 0 spiro atoms. The molecular formula is C11H12F2O. The third-order valence-corrected chi connectivity index (χ3v) is 2.02. The number of carbonyl (C=O) groups excluding carboxylic acids is 1. The van der Waals surface area contributed by atoms with E-state index < -0.39 is 6.43 Å².